The highest BCUT2D eigenvalue weighted by molar-refractivity contribution is 6.27. The van der Waals surface area contributed by atoms with Crippen molar-refractivity contribution in [2.24, 2.45) is 0 Å². The van der Waals surface area contributed by atoms with Gasteiger partial charge >= 0.3 is 24.1 Å². The van der Waals surface area contributed by atoms with Gasteiger partial charge in [0, 0.05) is 6.92 Å². The van der Waals surface area contributed by atoms with E-state index in [1.165, 1.54) is 0 Å². The molecule has 0 aromatic rings. The molecular weight excluding hydrogens is 257 g/mol. The molecular formula is C6H7F3O8. The molecule has 0 aliphatic heterocycles. The topological polar surface area (TPSA) is 149 Å². The van der Waals surface area contributed by atoms with E-state index >= 15 is 0 Å². The molecule has 0 aromatic heterocycles. The normalized spacial score (nSPS) is 8.71. The van der Waals surface area contributed by atoms with E-state index in [9.17, 15) is 13.2 Å². The molecule has 0 heterocycles. The van der Waals surface area contributed by atoms with Crippen LogP contribution >= 0.6 is 0 Å². The van der Waals surface area contributed by atoms with Crippen molar-refractivity contribution in [1.29, 1.82) is 0 Å². The Morgan fingerprint density at radius 2 is 0.941 bits per heavy atom. The summed E-state index contributed by atoms with van der Waals surface area (Å²) in [6.07, 6.45) is -5.08. The molecule has 17 heavy (non-hydrogen) atoms. The van der Waals surface area contributed by atoms with E-state index in [0.717, 1.165) is 6.92 Å². The number of hydrogen-bond acceptors (Lipinski definition) is 4. The maximum Gasteiger partial charge on any atom is 0.490 e. The van der Waals surface area contributed by atoms with Gasteiger partial charge in [-0.05, 0) is 0 Å². The maximum atomic E-state index is 10.6. The van der Waals surface area contributed by atoms with Crippen molar-refractivity contribution < 1.29 is 52.8 Å². The van der Waals surface area contributed by atoms with E-state index in [0.29, 0.717) is 0 Å². The summed E-state index contributed by atoms with van der Waals surface area (Å²) in [4.78, 5) is 36.1. The second kappa shape index (κ2) is 8.94. The summed E-state index contributed by atoms with van der Waals surface area (Å²) in [5.41, 5.74) is 0. The Balaban J connectivity index is -0.000000180. The summed E-state index contributed by atoms with van der Waals surface area (Å²) in [6.45, 7) is 1.08. The minimum atomic E-state index is -5.08. The third-order valence-electron chi connectivity index (χ3n) is 0.425. The number of rotatable bonds is 0. The van der Waals surface area contributed by atoms with Gasteiger partial charge in [0.1, 0.15) is 0 Å². The first kappa shape index (κ1) is 20.1. The van der Waals surface area contributed by atoms with Crippen molar-refractivity contribution in [2.75, 3.05) is 0 Å². The lowest BCUT2D eigenvalue weighted by Gasteiger charge is -1.93. The molecule has 0 amide bonds. The third kappa shape index (κ3) is 31.6. The number of carboxylic acids is 4. The Labute approximate surface area is 90.9 Å². The zero-order valence-corrected chi connectivity index (χ0v) is 8.06. The van der Waals surface area contributed by atoms with Crippen LogP contribution in [-0.2, 0) is 19.2 Å². The monoisotopic (exact) mass is 264 g/mol. The fourth-order valence-electron chi connectivity index (χ4n) is 0. The lowest BCUT2D eigenvalue weighted by molar-refractivity contribution is -0.192. The average molecular weight is 264 g/mol. The van der Waals surface area contributed by atoms with Crippen LogP contribution in [0.25, 0.3) is 0 Å². The van der Waals surface area contributed by atoms with Crippen molar-refractivity contribution >= 4 is 23.9 Å². The van der Waals surface area contributed by atoms with Crippen LogP contribution in [0.5, 0.6) is 0 Å². The average Bonchev–Trinajstić information content (AvgIpc) is 2.01. The number of hydrogen-bond donors (Lipinski definition) is 4. The summed E-state index contributed by atoms with van der Waals surface area (Å²) in [5.74, 6) is -7.24. The van der Waals surface area contributed by atoms with Crippen molar-refractivity contribution in [3.63, 3.8) is 0 Å². The minimum absolute atomic E-state index is 0.833. The highest BCUT2D eigenvalue weighted by atomic mass is 19.4. The zero-order chi connectivity index (χ0) is 14.8. The lowest BCUT2D eigenvalue weighted by Crippen LogP contribution is -2.21. The fourth-order valence-corrected chi connectivity index (χ4v) is 0. The predicted molar refractivity (Wildman–Crippen MR) is 42.3 cm³/mol. The molecule has 0 saturated heterocycles. The molecule has 4 N–H and O–H groups in total. The van der Waals surface area contributed by atoms with Gasteiger partial charge in [-0.1, -0.05) is 0 Å². The first-order chi connectivity index (χ1) is 7.32. The van der Waals surface area contributed by atoms with Gasteiger partial charge < -0.3 is 20.4 Å². The summed E-state index contributed by atoms with van der Waals surface area (Å²) >= 11 is 0. The number of carboxylic acid groups (broad SMARTS) is 4. The van der Waals surface area contributed by atoms with Crippen molar-refractivity contribution in [3.8, 4) is 0 Å². The van der Waals surface area contributed by atoms with Gasteiger partial charge in [-0.25, -0.2) is 14.4 Å². The van der Waals surface area contributed by atoms with Gasteiger partial charge in [0.2, 0.25) is 0 Å². The molecule has 100 valence electrons. The van der Waals surface area contributed by atoms with Gasteiger partial charge in [0.15, 0.2) is 0 Å². The molecule has 0 atom stereocenters. The molecule has 0 fully saturated rings. The Hall–Kier alpha value is -2.33. The second-order valence-corrected chi connectivity index (χ2v) is 1.93. The standard InChI is InChI=1S/C2HF3O2.C2H2O4.C2H4O2/c3-2(4,5)1(6)7;3-1(4)2(5)6;1-2(3)4/h(H,6,7);(H,3,4)(H,5,6);1H3,(H,3,4). The van der Waals surface area contributed by atoms with E-state index in [4.69, 9.17) is 39.6 Å². The van der Waals surface area contributed by atoms with Crippen molar-refractivity contribution in [2.45, 2.75) is 13.1 Å². The number of carbonyl (C=O) groups is 4. The molecule has 0 unspecified atom stereocenters. The Kier molecular flexibility index (Phi) is 10.6. The first-order valence-electron chi connectivity index (χ1n) is 3.28. The lowest BCUT2D eigenvalue weighted by atomic mass is 10.7. The van der Waals surface area contributed by atoms with Crippen LogP contribution in [0.1, 0.15) is 6.92 Å². The molecule has 0 aromatic carbocycles. The molecule has 11 heteroatoms. The van der Waals surface area contributed by atoms with E-state index < -0.39 is 30.1 Å². The third-order valence-corrected chi connectivity index (χ3v) is 0.425. The van der Waals surface area contributed by atoms with Gasteiger partial charge in [0.05, 0.1) is 0 Å². The number of alkyl halides is 3. The summed E-state index contributed by atoms with van der Waals surface area (Å²) < 4.78 is 31.7. The van der Waals surface area contributed by atoms with Gasteiger partial charge in [0.25, 0.3) is 5.97 Å². The summed E-state index contributed by atoms with van der Waals surface area (Å²) in [7, 11) is 0. The molecule has 0 radical (unpaired) electrons. The Bertz CT molecular complexity index is 278. The van der Waals surface area contributed by atoms with E-state index in [-0.39, 0.29) is 0 Å². The van der Waals surface area contributed by atoms with Gasteiger partial charge in [-0.2, -0.15) is 13.2 Å². The molecule has 0 aliphatic rings. The zero-order valence-electron chi connectivity index (χ0n) is 8.06. The summed E-state index contributed by atoms with van der Waals surface area (Å²) in [5, 5.41) is 29.3. The van der Waals surface area contributed by atoms with E-state index in [1.54, 1.807) is 0 Å². The highest BCUT2D eigenvalue weighted by Gasteiger charge is 2.38. The van der Waals surface area contributed by atoms with Crippen LogP contribution in [0.15, 0.2) is 0 Å². The van der Waals surface area contributed by atoms with Crippen LogP contribution in [-0.4, -0.2) is 50.5 Å². The fraction of sp³-hybridized carbons (Fsp3) is 0.333. The van der Waals surface area contributed by atoms with E-state index in [2.05, 4.69) is 0 Å². The van der Waals surface area contributed by atoms with Crippen LogP contribution in [0.2, 0.25) is 0 Å². The molecule has 0 saturated carbocycles. The molecule has 0 spiro atoms. The van der Waals surface area contributed by atoms with Crippen molar-refractivity contribution in [1.82, 2.24) is 0 Å². The van der Waals surface area contributed by atoms with Crippen LogP contribution < -0.4 is 0 Å². The quantitative estimate of drug-likeness (QED) is 0.442. The molecule has 0 aliphatic carbocycles. The maximum absolute atomic E-state index is 10.6. The SMILES string of the molecule is CC(=O)O.O=C(O)C(=O)O.O=C(O)C(F)(F)F. The number of aliphatic carboxylic acids is 4. The van der Waals surface area contributed by atoms with Crippen LogP contribution in [0.4, 0.5) is 13.2 Å². The number of halogens is 3. The Morgan fingerprint density at radius 1 is 0.824 bits per heavy atom. The van der Waals surface area contributed by atoms with Gasteiger partial charge in [-0.15, -0.1) is 0 Å². The summed E-state index contributed by atoms with van der Waals surface area (Å²) in [6, 6.07) is 0. The van der Waals surface area contributed by atoms with E-state index in [1.807, 2.05) is 0 Å². The van der Waals surface area contributed by atoms with Crippen LogP contribution in [0.3, 0.4) is 0 Å². The largest absolute Gasteiger partial charge is 0.490 e. The first-order valence-corrected chi connectivity index (χ1v) is 3.28. The molecule has 0 bridgehead atoms. The Morgan fingerprint density at radius 3 is 0.941 bits per heavy atom. The second-order valence-electron chi connectivity index (χ2n) is 1.93. The smallest absolute Gasteiger partial charge is 0.481 e. The predicted octanol–water partition coefficient (Wildman–Crippen LogP) is -0.120. The molecule has 8 nitrogen and oxygen atoms in total. The van der Waals surface area contributed by atoms with Crippen LogP contribution in [0, 0.1) is 0 Å². The minimum Gasteiger partial charge on any atom is -0.481 e. The van der Waals surface area contributed by atoms with Gasteiger partial charge in [-0.3, -0.25) is 4.79 Å². The van der Waals surface area contributed by atoms with Crippen molar-refractivity contribution in [3.05, 3.63) is 0 Å². The highest BCUT2D eigenvalue weighted by Crippen LogP contribution is 2.13. The molecule has 0 rings (SSSR count).